The normalized spacial score (nSPS) is 17.8. The number of carbonyl (C=O) groups is 2. The molecule has 1 aromatic heterocycles. The summed E-state index contributed by atoms with van der Waals surface area (Å²) in [7, 11) is 0. The second-order valence-electron chi connectivity index (χ2n) is 9.54. The molecule has 1 fully saturated rings. The Morgan fingerprint density at radius 3 is 2.39 bits per heavy atom. The molecule has 1 aliphatic rings. The summed E-state index contributed by atoms with van der Waals surface area (Å²) >= 11 is 0. The molecule has 8 nitrogen and oxygen atoms in total. The third-order valence-corrected chi connectivity index (χ3v) is 7.15. The van der Waals surface area contributed by atoms with Crippen LogP contribution >= 0.6 is 0 Å². The number of nitrogens with one attached hydrogen (secondary N) is 2. The molecule has 36 heavy (non-hydrogen) atoms. The first kappa shape index (κ1) is 23.6. The first-order chi connectivity index (χ1) is 17.3. The number of carbonyl (C=O) groups excluding carboxylic acids is 2. The average molecular weight is 483 g/mol. The Labute approximate surface area is 208 Å². The molecule has 0 bridgehead atoms. The highest BCUT2D eigenvalue weighted by molar-refractivity contribution is 6.16. The number of amides is 2. The lowest BCUT2D eigenvalue weighted by molar-refractivity contribution is 0.0904. The van der Waals surface area contributed by atoms with Crippen LogP contribution in [0, 0.1) is 5.41 Å². The van der Waals surface area contributed by atoms with Crippen molar-refractivity contribution < 1.29 is 9.59 Å². The number of rotatable bonds is 6. The minimum absolute atomic E-state index is 0.0187. The lowest BCUT2D eigenvalue weighted by Crippen LogP contribution is -2.41. The summed E-state index contributed by atoms with van der Waals surface area (Å²) in [6.45, 7) is 0.338. The maximum atomic E-state index is 13.7. The lowest BCUT2D eigenvalue weighted by Gasteiger charge is -2.27. The Bertz CT molecular complexity index is 1490. The van der Waals surface area contributed by atoms with Crippen molar-refractivity contribution in [3.05, 3.63) is 83.0 Å². The summed E-state index contributed by atoms with van der Waals surface area (Å²) in [5, 5.41) is 13.7. The summed E-state index contributed by atoms with van der Waals surface area (Å²) in [5.74, 6) is -1.12. The molecule has 184 valence electrons. The molecule has 8 heteroatoms. The fourth-order valence-corrected chi connectivity index (χ4v) is 5.28. The molecule has 2 amide bonds. The van der Waals surface area contributed by atoms with Crippen molar-refractivity contribution in [2.24, 2.45) is 17.2 Å². The Morgan fingerprint density at radius 1 is 0.944 bits per heavy atom. The van der Waals surface area contributed by atoms with Gasteiger partial charge >= 0.3 is 0 Å². The largest absolute Gasteiger partial charge is 0.384 e. The molecule has 1 saturated carbocycles. The van der Waals surface area contributed by atoms with Crippen LogP contribution in [-0.2, 0) is 6.54 Å². The molecule has 0 saturated heterocycles. The highest BCUT2D eigenvalue weighted by Crippen LogP contribution is 2.30. The van der Waals surface area contributed by atoms with Crippen molar-refractivity contribution in [3.8, 4) is 0 Å². The number of nitrogen functional groups attached to an aromatic ring is 1. The molecule has 0 aliphatic heterocycles. The first-order valence-corrected chi connectivity index (χ1v) is 12.2. The highest BCUT2D eigenvalue weighted by atomic mass is 16.2. The summed E-state index contributed by atoms with van der Waals surface area (Å²) in [6, 6.07) is 19.3. The van der Waals surface area contributed by atoms with Crippen molar-refractivity contribution >= 4 is 39.3 Å². The van der Waals surface area contributed by atoms with E-state index in [2.05, 4.69) is 5.32 Å². The van der Waals surface area contributed by atoms with Crippen LogP contribution in [0.3, 0.4) is 0 Å². The molecule has 4 aromatic rings. The van der Waals surface area contributed by atoms with E-state index in [1.165, 1.54) is 0 Å². The number of primary amides is 1. The van der Waals surface area contributed by atoms with Gasteiger partial charge in [0.15, 0.2) is 0 Å². The third-order valence-electron chi connectivity index (χ3n) is 7.15. The SMILES string of the molecule is N=C(N)c1ccc2c(C(N)=O)c(C(=O)NC3CCC(N)CC3)n(Cc3cccc4ccccc34)c2c1. The van der Waals surface area contributed by atoms with E-state index in [0.29, 0.717) is 23.0 Å². The van der Waals surface area contributed by atoms with E-state index >= 15 is 0 Å². The van der Waals surface area contributed by atoms with Gasteiger partial charge in [0, 0.05) is 29.6 Å². The fraction of sp³-hybridized carbons (Fsp3) is 0.250. The number of amidine groups is 1. The van der Waals surface area contributed by atoms with Crippen LogP contribution in [0.25, 0.3) is 21.7 Å². The predicted octanol–water partition coefficient (Wildman–Crippen LogP) is 3.23. The molecule has 1 aliphatic carbocycles. The zero-order valence-corrected chi connectivity index (χ0v) is 20.0. The van der Waals surface area contributed by atoms with Crippen LogP contribution in [0.5, 0.6) is 0 Å². The van der Waals surface area contributed by atoms with E-state index in [4.69, 9.17) is 22.6 Å². The fourth-order valence-electron chi connectivity index (χ4n) is 5.28. The summed E-state index contributed by atoms with van der Waals surface area (Å²) in [4.78, 5) is 26.5. The monoisotopic (exact) mass is 482 g/mol. The van der Waals surface area contributed by atoms with Crippen LogP contribution in [-0.4, -0.2) is 34.3 Å². The molecule has 0 spiro atoms. The molecular weight excluding hydrogens is 452 g/mol. The van der Waals surface area contributed by atoms with E-state index in [-0.39, 0.29) is 35.1 Å². The van der Waals surface area contributed by atoms with Crippen molar-refractivity contribution in [2.75, 3.05) is 0 Å². The molecule has 0 radical (unpaired) electrons. The molecule has 3 aromatic carbocycles. The molecule has 0 atom stereocenters. The minimum Gasteiger partial charge on any atom is -0.384 e. The molecular formula is C28H30N6O2. The van der Waals surface area contributed by atoms with Crippen LogP contribution < -0.4 is 22.5 Å². The maximum absolute atomic E-state index is 13.7. The molecule has 0 unspecified atom stereocenters. The molecule has 1 heterocycles. The van der Waals surface area contributed by atoms with Crippen LogP contribution in [0.15, 0.2) is 60.7 Å². The maximum Gasteiger partial charge on any atom is 0.269 e. The number of benzene rings is 3. The number of hydrogen-bond donors (Lipinski definition) is 5. The van der Waals surface area contributed by atoms with Crippen LogP contribution in [0.2, 0.25) is 0 Å². The summed E-state index contributed by atoms with van der Waals surface area (Å²) in [6.07, 6.45) is 3.26. The van der Waals surface area contributed by atoms with E-state index in [1.54, 1.807) is 18.2 Å². The standard InChI is InChI=1S/C28H30N6O2/c29-19-9-11-20(12-10-19)33-28(36)25-24(27(32)35)22-13-8-17(26(30)31)14-23(22)34(25)15-18-6-3-5-16-4-1-2-7-21(16)18/h1-8,13-14,19-20H,9-12,15,29H2,(H3,30,31)(H2,32,35)(H,33,36). The Hall–Kier alpha value is -4.17. The van der Waals surface area contributed by atoms with Gasteiger partial charge in [-0.05, 0) is 48.1 Å². The van der Waals surface area contributed by atoms with E-state index in [9.17, 15) is 9.59 Å². The number of nitrogens with zero attached hydrogens (tertiary/aromatic N) is 1. The van der Waals surface area contributed by atoms with E-state index in [0.717, 1.165) is 42.0 Å². The molecule has 8 N–H and O–H groups in total. The number of aromatic nitrogens is 1. The smallest absolute Gasteiger partial charge is 0.269 e. The van der Waals surface area contributed by atoms with E-state index in [1.807, 2.05) is 47.0 Å². The quantitative estimate of drug-likeness (QED) is 0.211. The van der Waals surface area contributed by atoms with Crippen molar-refractivity contribution in [3.63, 3.8) is 0 Å². The zero-order valence-electron chi connectivity index (χ0n) is 20.0. The Morgan fingerprint density at radius 2 is 1.67 bits per heavy atom. The van der Waals surface area contributed by atoms with Gasteiger partial charge in [0.05, 0.1) is 11.1 Å². The van der Waals surface area contributed by atoms with Gasteiger partial charge in [0.2, 0.25) is 0 Å². The van der Waals surface area contributed by atoms with Crippen molar-refractivity contribution in [1.29, 1.82) is 5.41 Å². The number of nitrogens with two attached hydrogens (primary N) is 3. The second kappa shape index (κ2) is 9.47. The van der Waals surface area contributed by atoms with Gasteiger partial charge in [-0.2, -0.15) is 0 Å². The van der Waals surface area contributed by atoms with E-state index < -0.39 is 5.91 Å². The summed E-state index contributed by atoms with van der Waals surface area (Å²) in [5.41, 5.74) is 20.2. The number of fused-ring (bicyclic) bond motifs is 2. The van der Waals surface area contributed by atoms with Gasteiger partial charge in [-0.1, -0.05) is 54.6 Å². The predicted molar refractivity (Wildman–Crippen MR) is 142 cm³/mol. The van der Waals surface area contributed by atoms with Crippen LogP contribution in [0.1, 0.15) is 57.7 Å². The molecule has 5 rings (SSSR count). The van der Waals surface area contributed by atoms with Crippen molar-refractivity contribution in [2.45, 2.75) is 44.3 Å². The number of hydrogen-bond acceptors (Lipinski definition) is 4. The zero-order chi connectivity index (χ0) is 25.4. The van der Waals surface area contributed by atoms with Gasteiger partial charge in [0.25, 0.3) is 11.8 Å². The Kier molecular flexibility index (Phi) is 6.20. The summed E-state index contributed by atoms with van der Waals surface area (Å²) < 4.78 is 1.83. The topological polar surface area (TPSA) is 153 Å². The van der Waals surface area contributed by atoms with Gasteiger partial charge in [-0.3, -0.25) is 15.0 Å². The van der Waals surface area contributed by atoms with Gasteiger partial charge in [0.1, 0.15) is 11.5 Å². The van der Waals surface area contributed by atoms with Gasteiger partial charge in [-0.15, -0.1) is 0 Å². The minimum atomic E-state index is -0.678. The highest BCUT2D eigenvalue weighted by Gasteiger charge is 2.29. The average Bonchev–Trinajstić information content (AvgIpc) is 3.19. The van der Waals surface area contributed by atoms with Gasteiger partial charge in [-0.25, -0.2) is 0 Å². The van der Waals surface area contributed by atoms with Crippen LogP contribution in [0.4, 0.5) is 0 Å². The Balaban J connectivity index is 1.69. The second-order valence-corrected chi connectivity index (χ2v) is 9.54. The van der Waals surface area contributed by atoms with Gasteiger partial charge < -0.3 is 27.1 Å². The lowest BCUT2D eigenvalue weighted by atomic mass is 9.91. The first-order valence-electron chi connectivity index (χ1n) is 12.2. The third kappa shape index (κ3) is 4.31. The van der Waals surface area contributed by atoms with Crippen molar-refractivity contribution in [1.82, 2.24) is 9.88 Å².